The fourth-order valence-corrected chi connectivity index (χ4v) is 1.60. The smallest absolute Gasteiger partial charge is 0.321 e. The maximum Gasteiger partial charge on any atom is 0.321 e. The second-order valence-electron chi connectivity index (χ2n) is 4.17. The topological polar surface area (TPSA) is 56.0 Å². The van der Waals surface area contributed by atoms with Crippen LogP contribution < -0.4 is 10.0 Å². The molecular formula is C14H14N2O2. The largest absolute Gasteiger partial charge is 0.618 e. The Balaban J connectivity index is 2.22. The first kappa shape index (κ1) is 12.1. The Hall–Kier alpha value is -2.36. The quantitative estimate of drug-likeness (QED) is 0.648. The second kappa shape index (κ2) is 4.87. The van der Waals surface area contributed by atoms with Crippen molar-refractivity contribution in [2.24, 2.45) is 0 Å². The lowest BCUT2D eigenvalue weighted by atomic mass is 10.2. The molecule has 0 unspecified atom stereocenters. The Morgan fingerprint density at radius 2 is 1.78 bits per heavy atom. The highest BCUT2D eigenvalue weighted by Crippen LogP contribution is 2.09. The van der Waals surface area contributed by atoms with Crippen LogP contribution in [0.2, 0.25) is 0 Å². The highest BCUT2D eigenvalue weighted by molar-refractivity contribution is 6.01. The number of hydrogen-bond acceptors (Lipinski definition) is 2. The molecule has 0 saturated carbocycles. The standard InChI is InChI=1S/C14H14N2O2/c1-10-6-8-12(9-7-10)15-14(17)13-5-3-4-11(2)16(13)18/h3-9H,1-2H3,(H,15,17). The molecule has 0 spiro atoms. The number of aryl methyl sites for hydroxylation is 2. The van der Waals surface area contributed by atoms with Crippen LogP contribution >= 0.6 is 0 Å². The van der Waals surface area contributed by atoms with Crippen LogP contribution in [0, 0.1) is 19.1 Å². The maximum atomic E-state index is 11.9. The zero-order valence-corrected chi connectivity index (χ0v) is 10.3. The van der Waals surface area contributed by atoms with E-state index in [0.29, 0.717) is 16.1 Å². The fraction of sp³-hybridized carbons (Fsp3) is 0.143. The minimum Gasteiger partial charge on any atom is -0.618 e. The number of hydrogen-bond donors (Lipinski definition) is 1. The fourth-order valence-electron chi connectivity index (χ4n) is 1.60. The van der Waals surface area contributed by atoms with E-state index in [1.54, 1.807) is 31.2 Å². The van der Waals surface area contributed by atoms with E-state index in [4.69, 9.17) is 0 Å². The first-order valence-corrected chi connectivity index (χ1v) is 5.65. The van der Waals surface area contributed by atoms with Gasteiger partial charge in [0.1, 0.15) is 0 Å². The van der Waals surface area contributed by atoms with Crippen molar-refractivity contribution in [3.63, 3.8) is 0 Å². The van der Waals surface area contributed by atoms with Crippen LogP contribution in [0.15, 0.2) is 42.5 Å². The lowest BCUT2D eigenvalue weighted by Crippen LogP contribution is -2.39. The van der Waals surface area contributed by atoms with Crippen LogP contribution in [0.3, 0.4) is 0 Å². The summed E-state index contributed by atoms with van der Waals surface area (Å²) in [7, 11) is 0. The lowest BCUT2D eigenvalue weighted by molar-refractivity contribution is -0.614. The number of nitrogens with one attached hydrogen (secondary N) is 1. The SMILES string of the molecule is Cc1ccc(NC(=O)c2cccc(C)[n+]2[O-])cc1. The summed E-state index contributed by atoms with van der Waals surface area (Å²) < 4.78 is 0.628. The molecule has 2 aromatic rings. The van der Waals surface area contributed by atoms with Gasteiger partial charge in [0, 0.05) is 24.7 Å². The Kier molecular flexibility index (Phi) is 3.28. The molecule has 4 heteroatoms. The average Bonchev–Trinajstić information content (AvgIpc) is 2.35. The van der Waals surface area contributed by atoms with Crippen molar-refractivity contribution in [3.05, 3.63) is 64.6 Å². The zero-order chi connectivity index (χ0) is 13.1. The van der Waals surface area contributed by atoms with Crippen LogP contribution in [-0.2, 0) is 0 Å². The number of carbonyl (C=O) groups is 1. The molecule has 18 heavy (non-hydrogen) atoms. The Labute approximate surface area is 105 Å². The Morgan fingerprint density at radius 1 is 1.11 bits per heavy atom. The summed E-state index contributed by atoms with van der Waals surface area (Å²) in [4.78, 5) is 11.9. The van der Waals surface area contributed by atoms with Crippen LogP contribution in [0.4, 0.5) is 5.69 Å². The van der Waals surface area contributed by atoms with Gasteiger partial charge in [0.2, 0.25) is 0 Å². The summed E-state index contributed by atoms with van der Waals surface area (Å²) in [6, 6.07) is 12.3. The highest BCUT2D eigenvalue weighted by Gasteiger charge is 2.16. The molecular weight excluding hydrogens is 228 g/mol. The van der Waals surface area contributed by atoms with E-state index in [2.05, 4.69) is 5.32 Å². The van der Waals surface area contributed by atoms with Gasteiger partial charge in [0.15, 0.2) is 5.69 Å². The van der Waals surface area contributed by atoms with Crippen molar-refractivity contribution in [2.45, 2.75) is 13.8 Å². The molecule has 0 bridgehead atoms. The van der Waals surface area contributed by atoms with E-state index in [1.807, 2.05) is 19.1 Å². The molecule has 0 aliphatic heterocycles. The van der Waals surface area contributed by atoms with E-state index >= 15 is 0 Å². The monoisotopic (exact) mass is 242 g/mol. The summed E-state index contributed by atoms with van der Waals surface area (Å²) in [6.45, 7) is 3.63. The molecule has 2 rings (SSSR count). The third kappa shape index (κ3) is 2.48. The molecule has 0 fully saturated rings. The number of anilines is 1. The molecule has 0 atom stereocenters. The van der Waals surface area contributed by atoms with E-state index in [0.717, 1.165) is 5.56 Å². The van der Waals surface area contributed by atoms with Gasteiger partial charge in [0.05, 0.1) is 0 Å². The van der Waals surface area contributed by atoms with Crippen molar-refractivity contribution in [1.29, 1.82) is 0 Å². The third-order valence-corrected chi connectivity index (χ3v) is 2.67. The minimum absolute atomic E-state index is 0.0931. The van der Waals surface area contributed by atoms with Crippen molar-refractivity contribution in [2.75, 3.05) is 5.32 Å². The molecule has 0 saturated heterocycles. The van der Waals surface area contributed by atoms with E-state index < -0.39 is 5.91 Å². The van der Waals surface area contributed by atoms with Gasteiger partial charge in [-0.15, -0.1) is 0 Å². The predicted molar refractivity (Wildman–Crippen MR) is 69.3 cm³/mol. The molecule has 4 nitrogen and oxygen atoms in total. The normalized spacial score (nSPS) is 10.1. The summed E-state index contributed by atoms with van der Waals surface area (Å²) in [5.41, 5.74) is 2.37. The first-order chi connectivity index (χ1) is 8.58. The van der Waals surface area contributed by atoms with Crippen molar-refractivity contribution in [3.8, 4) is 0 Å². The van der Waals surface area contributed by atoms with Crippen LogP contribution in [0.5, 0.6) is 0 Å². The summed E-state index contributed by atoms with van der Waals surface area (Å²) >= 11 is 0. The van der Waals surface area contributed by atoms with Crippen LogP contribution in [0.25, 0.3) is 0 Å². The molecule has 1 N–H and O–H groups in total. The number of benzene rings is 1. The summed E-state index contributed by atoms with van der Waals surface area (Å²) in [5, 5.41) is 14.4. The summed E-state index contributed by atoms with van der Waals surface area (Å²) in [6.07, 6.45) is 0. The molecule has 0 radical (unpaired) electrons. The second-order valence-corrected chi connectivity index (χ2v) is 4.17. The van der Waals surface area contributed by atoms with Crippen LogP contribution in [-0.4, -0.2) is 5.91 Å². The van der Waals surface area contributed by atoms with Gasteiger partial charge in [-0.05, 0) is 25.1 Å². The van der Waals surface area contributed by atoms with Gasteiger partial charge < -0.3 is 10.5 Å². The average molecular weight is 242 g/mol. The number of carbonyl (C=O) groups excluding carboxylic acids is 1. The van der Waals surface area contributed by atoms with Gasteiger partial charge >= 0.3 is 5.91 Å². The molecule has 1 heterocycles. The Bertz CT molecular complexity index is 577. The first-order valence-electron chi connectivity index (χ1n) is 5.65. The molecule has 1 aromatic heterocycles. The number of pyridine rings is 1. The van der Waals surface area contributed by atoms with Gasteiger partial charge in [-0.1, -0.05) is 17.7 Å². The van der Waals surface area contributed by atoms with Gasteiger partial charge in [-0.3, -0.25) is 4.79 Å². The number of rotatable bonds is 2. The third-order valence-electron chi connectivity index (χ3n) is 2.67. The minimum atomic E-state index is -0.405. The van der Waals surface area contributed by atoms with Gasteiger partial charge in [0.25, 0.3) is 5.69 Å². The van der Waals surface area contributed by atoms with Gasteiger partial charge in [-0.25, -0.2) is 0 Å². The maximum absolute atomic E-state index is 11.9. The predicted octanol–water partition coefficient (Wildman–Crippen LogP) is 2.19. The molecule has 1 amide bonds. The zero-order valence-electron chi connectivity index (χ0n) is 10.3. The summed E-state index contributed by atoms with van der Waals surface area (Å²) in [5.74, 6) is -0.405. The van der Waals surface area contributed by atoms with Crippen molar-refractivity contribution < 1.29 is 9.52 Å². The highest BCUT2D eigenvalue weighted by atomic mass is 16.5. The molecule has 0 aliphatic carbocycles. The van der Waals surface area contributed by atoms with Crippen molar-refractivity contribution >= 4 is 11.6 Å². The van der Waals surface area contributed by atoms with Crippen molar-refractivity contribution in [1.82, 2.24) is 0 Å². The molecule has 0 aliphatic rings. The molecule has 92 valence electrons. The van der Waals surface area contributed by atoms with E-state index in [9.17, 15) is 10.0 Å². The Morgan fingerprint density at radius 3 is 2.44 bits per heavy atom. The van der Waals surface area contributed by atoms with Crippen LogP contribution in [0.1, 0.15) is 21.7 Å². The number of nitrogens with zero attached hydrogens (tertiary/aromatic N) is 1. The number of aromatic nitrogens is 1. The number of amides is 1. The lowest BCUT2D eigenvalue weighted by Gasteiger charge is -2.07. The van der Waals surface area contributed by atoms with E-state index in [1.165, 1.54) is 6.07 Å². The van der Waals surface area contributed by atoms with E-state index in [-0.39, 0.29) is 5.69 Å². The molecule has 1 aromatic carbocycles. The van der Waals surface area contributed by atoms with Gasteiger partial charge in [-0.2, -0.15) is 4.73 Å².